The third-order valence-corrected chi connectivity index (χ3v) is 1.66. The highest BCUT2D eigenvalue weighted by Gasteiger charge is 2.19. The Morgan fingerprint density at radius 2 is 1.80 bits per heavy atom. The van der Waals surface area contributed by atoms with Gasteiger partial charge >= 0.3 is 0 Å². The van der Waals surface area contributed by atoms with Crippen molar-refractivity contribution in [2.75, 3.05) is 0 Å². The summed E-state index contributed by atoms with van der Waals surface area (Å²) in [5, 5.41) is 25.3. The molecule has 0 unspecified atom stereocenters. The highest BCUT2D eigenvalue weighted by Crippen LogP contribution is 2.17. The molecule has 0 N–H and O–H groups in total. The van der Waals surface area contributed by atoms with Crippen molar-refractivity contribution in [3.05, 3.63) is 28.6 Å². The second-order valence-electron chi connectivity index (χ2n) is 2.48. The Balaban J connectivity index is 3.58. The lowest BCUT2D eigenvalue weighted by Gasteiger charge is -2.02. The summed E-state index contributed by atoms with van der Waals surface area (Å²) in [4.78, 5) is 3.01. The molecule has 0 spiro atoms. The van der Waals surface area contributed by atoms with Gasteiger partial charge in [0.1, 0.15) is 12.1 Å². The number of hydrogen-bond acceptors (Lipinski definition) is 4. The lowest BCUT2D eigenvalue weighted by atomic mass is 10.1. The second kappa shape index (κ2) is 4.13. The monoisotopic (exact) mass is 204 g/mol. The fourth-order valence-electron chi connectivity index (χ4n) is 1.000. The maximum atomic E-state index is 13.3. The minimum absolute atomic E-state index is 0.420. The van der Waals surface area contributed by atoms with E-state index in [1.165, 1.54) is 12.1 Å². The molecule has 15 heavy (non-hydrogen) atoms. The molecule has 0 atom stereocenters. The third-order valence-electron chi connectivity index (χ3n) is 1.66. The van der Waals surface area contributed by atoms with E-state index in [-0.39, 0.29) is 0 Å². The van der Waals surface area contributed by atoms with Crippen LogP contribution in [0.5, 0.6) is 0 Å². The van der Waals surface area contributed by atoms with Gasteiger partial charge in [-0.15, -0.1) is 0 Å². The molecule has 0 bridgehead atoms. The van der Waals surface area contributed by atoms with E-state index in [1.807, 2.05) is 0 Å². The lowest BCUT2D eigenvalue weighted by Crippen LogP contribution is -2.05. The Morgan fingerprint density at radius 1 is 1.13 bits per heavy atom. The van der Waals surface area contributed by atoms with Crippen LogP contribution in [0.15, 0.2) is 0 Å². The number of aromatic nitrogens is 1. The molecule has 0 aliphatic rings. The molecule has 72 valence electrons. The summed E-state index contributed by atoms with van der Waals surface area (Å²) >= 11 is 0. The molecule has 0 aliphatic heterocycles. The number of pyridine rings is 1. The van der Waals surface area contributed by atoms with Crippen LogP contribution >= 0.6 is 0 Å². The van der Waals surface area contributed by atoms with E-state index in [2.05, 4.69) is 4.98 Å². The minimum atomic E-state index is -1.19. The van der Waals surface area contributed by atoms with Gasteiger partial charge in [0.05, 0.1) is 18.1 Å². The third kappa shape index (κ3) is 1.72. The van der Waals surface area contributed by atoms with E-state index >= 15 is 0 Å². The van der Waals surface area contributed by atoms with Crippen LogP contribution in [0.25, 0.3) is 0 Å². The molecule has 1 aromatic heterocycles. The smallest absolute Gasteiger partial charge is 0.205 e. The largest absolute Gasteiger partial charge is 0.219 e. The molecule has 6 heteroatoms. The summed E-state index contributed by atoms with van der Waals surface area (Å²) < 4.78 is 26.4. The van der Waals surface area contributed by atoms with E-state index < -0.39 is 35.0 Å². The van der Waals surface area contributed by atoms with Crippen LogP contribution < -0.4 is 0 Å². The van der Waals surface area contributed by atoms with Crippen LogP contribution in [-0.4, -0.2) is 4.98 Å². The van der Waals surface area contributed by atoms with Gasteiger partial charge in [0.25, 0.3) is 0 Å². The Morgan fingerprint density at radius 3 is 2.27 bits per heavy atom. The van der Waals surface area contributed by atoms with Crippen molar-refractivity contribution >= 4 is 0 Å². The first-order valence-corrected chi connectivity index (χ1v) is 3.70. The molecule has 0 saturated heterocycles. The molecular weight excluding hydrogens is 202 g/mol. The van der Waals surface area contributed by atoms with Crippen LogP contribution in [0.2, 0.25) is 0 Å². The van der Waals surface area contributed by atoms with Crippen LogP contribution in [0.1, 0.15) is 16.8 Å². The zero-order valence-electron chi connectivity index (χ0n) is 7.25. The fourth-order valence-corrected chi connectivity index (χ4v) is 1.000. The van der Waals surface area contributed by atoms with Gasteiger partial charge in [0, 0.05) is 5.56 Å². The number of rotatable bonds is 1. The zero-order chi connectivity index (χ0) is 11.4. The maximum absolute atomic E-state index is 13.3. The first-order valence-electron chi connectivity index (χ1n) is 3.70. The topological polar surface area (TPSA) is 84.3 Å². The number of nitrogens with zero attached hydrogens (tertiary/aromatic N) is 4. The van der Waals surface area contributed by atoms with E-state index in [9.17, 15) is 8.78 Å². The Bertz CT molecular complexity index is 531. The van der Waals surface area contributed by atoms with Crippen molar-refractivity contribution in [3.8, 4) is 18.2 Å². The quantitative estimate of drug-likeness (QED) is 0.642. The predicted octanol–water partition coefficient (Wildman–Crippen LogP) is 1.17. The van der Waals surface area contributed by atoms with Gasteiger partial charge in [-0.25, -0.2) is 9.37 Å². The molecule has 0 radical (unpaired) electrons. The summed E-state index contributed by atoms with van der Waals surface area (Å²) in [5.41, 5.74) is -1.84. The van der Waals surface area contributed by atoms with Crippen LogP contribution in [0.3, 0.4) is 0 Å². The Kier molecular flexibility index (Phi) is 2.91. The molecule has 0 amide bonds. The second-order valence-corrected chi connectivity index (χ2v) is 2.48. The molecule has 0 saturated carbocycles. The van der Waals surface area contributed by atoms with E-state index in [1.54, 1.807) is 6.07 Å². The summed E-state index contributed by atoms with van der Waals surface area (Å²) in [6.45, 7) is 0. The average Bonchev–Trinajstić information content (AvgIpc) is 2.23. The number of halogens is 2. The molecule has 1 rings (SSSR count). The Labute approximate surface area is 83.6 Å². The molecule has 0 fully saturated rings. The summed E-state index contributed by atoms with van der Waals surface area (Å²) in [6, 6.07) is 4.31. The van der Waals surface area contributed by atoms with Gasteiger partial charge in [0.15, 0.2) is 11.5 Å². The lowest BCUT2D eigenvalue weighted by molar-refractivity contribution is 0.542. The van der Waals surface area contributed by atoms with Crippen LogP contribution in [-0.2, 0) is 6.42 Å². The molecule has 4 nitrogen and oxygen atoms in total. The van der Waals surface area contributed by atoms with E-state index in [0.29, 0.717) is 0 Å². The first-order chi connectivity index (χ1) is 7.15. The summed E-state index contributed by atoms with van der Waals surface area (Å²) in [7, 11) is 0. The molecule has 1 heterocycles. The standard InChI is InChI=1S/C9H2F2N4/c10-8-6(3-13)5(1-2-12)9(11)15-7(8)4-14/h1H2. The molecule has 1 aromatic rings. The number of hydrogen-bond donors (Lipinski definition) is 0. The zero-order valence-corrected chi connectivity index (χ0v) is 7.25. The van der Waals surface area contributed by atoms with Gasteiger partial charge in [-0.2, -0.15) is 20.2 Å². The van der Waals surface area contributed by atoms with Crippen molar-refractivity contribution in [1.29, 1.82) is 15.8 Å². The van der Waals surface area contributed by atoms with E-state index in [4.69, 9.17) is 15.8 Å². The van der Waals surface area contributed by atoms with Gasteiger partial charge in [0.2, 0.25) is 5.95 Å². The molecular formula is C9H2F2N4. The predicted molar refractivity (Wildman–Crippen MR) is 42.9 cm³/mol. The van der Waals surface area contributed by atoms with Crippen molar-refractivity contribution in [2.45, 2.75) is 6.42 Å². The van der Waals surface area contributed by atoms with Crippen molar-refractivity contribution in [1.82, 2.24) is 4.98 Å². The molecule has 0 aliphatic carbocycles. The van der Waals surface area contributed by atoms with Gasteiger partial charge < -0.3 is 0 Å². The fraction of sp³-hybridized carbons (Fsp3) is 0.111. The highest BCUT2D eigenvalue weighted by atomic mass is 19.1. The Hall–Kier alpha value is -2.52. The van der Waals surface area contributed by atoms with Gasteiger partial charge in [-0.3, -0.25) is 0 Å². The van der Waals surface area contributed by atoms with Crippen LogP contribution in [0.4, 0.5) is 8.78 Å². The van der Waals surface area contributed by atoms with E-state index in [0.717, 1.165) is 0 Å². The molecule has 0 aromatic carbocycles. The minimum Gasteiger partial charge on any atom is -0.205 e. The van der Waals surface area contributed by atoms with Crippen molar-refractivity contribution < 1.29 is 8.78 Å². The SMILES string of the molecule is N#CCc1c(F)nc(C#N)c(F)c1C#N. The van der Waals surface area contributed by atoms with Crippen molar-refractivity contribution in [2.24, 2.45) is 0 Å². The maximum Gasteiger partial charge on any atom is 0.219 e. The number of nitriles is 3. The first kappa shape index (κ1) is 10.6. The van der Waals surface area contributed by atoms with Gasteiger partial charge in [-0.1, -0.05) is 0 Å². The van der Waals surface area contributed by atoms with Gasteiger partial charge in [-0.05, 0) is 0 Å². The highest BCUT2D eigenvalue weighted by molar-refractivity contribution is 5.43. The van der Waals surface area contributed by atoms with Crippen molar-refractivity contribution in [3.63, 3.8) is 0 Å². The van der Waals surface area contributed by atoms with Crippen LogP contribution in [0, 0.1) is 45.8 Å². The summed E-state index contributed by atoms with van der Waals surface area (Å²) in [6.07, 6.45) is -0.468. The average molecular weight is 204 g/mol. The summed E-state index contributed by atoms with van der Waals surface area (Å²) in [5.74, 6) is -2.35. The normalized spacial score (nSPS) is 8.73.